The van der Waals surface area contributed by atoms with E-state index in [0.717, 1.165) is 18.0 Å². The van der Waals surface area contributed by atoms with Crippen molar-refractivity contribution in [2.45, 2.75) is 6.42 Å². The van der Waals surface area contributed by atoms with Crippen molar-refractivity contribution in [3.63, 3.8) is 0 Å². The van der Waals surface area contributed by atoms with Crippen LogP contribution >= 0.6 is 12.4 Å². The lowest BCUT2D eigenvalue weighted by atomic mass is 10.3. The van der Waals surface area contributed by atoms with E-state index in [9.17, 15) is 4.79 Å². The number of hydrogen-bond donors (Lipinski definition) is 1. The molecule has 0 aliphatic heterocycles. The van der Waals surface area contributed by atoms with Gasteiger partial charge in [-0.25, -0.2) is 0 Å². The van der Waals surface area contributed by atoms with Gasteiger partial charge in [-0.05, 0) is 31.3 Å². The summed E-state index contributed by atoms with van der Waals surface area (Å²) in [6.07, 6.45) is 0.381. The normalized spacial score (nSPS) is 9.55. The molecule has 5 nitrogen and oxygen atoms in total. The van der Waals surface area contributed by atoms with Crippen LogP contribution in [0.4, 0.5) is 0 Å². The quantitative estimate of drug-likeness (QED) is 0.792. The van der Waals surface area contributed by atoms with Gasteiger partial charge in [0.15, 0.2) is 0 Å². The maximum atomic E-state index is 11.7. The van der Waals surface area contributed by atoms with Gasteiger partial charge in [-0.2, -0.15) is 0 Å². The van der Waals surface area contributed by atoms with Crippen molar-refractivity contribution in [2.24, 2.45) is 0 Å². The van der Waals surface area contributed by atoms with Crippen molar-refractivity contribution in [2.75, 3.05) is 40.9 Å². The number of amides is 1. The molecule has 0 saturated heterocycles. The summed E-state index contributed by atoms with van der Waals surface area (Å²) in [7, 11) is 5.29. The molecule has 0 bridgehead atoms. The van der Waals surface area contributed by atoms with E-state index in [1.165, 1.54) is 0 Å². The first-order valence-electron chi connectivity index (χ1n) is 6.32. The first-order chi connectivity index (χ1) is 9.17. The molecule has 1 N–H and O–H groups in total. The van der Waals surface area contributed by atoms with Gasteiger partial charge in [0.05, 0.1) is 20.1 Å². The Morgan fingerprint density at radius 1 is 1.25 bits per heavy atom. The van der Waals surface area contributed by atoms with Crippen LogP contribution in [0.5, 0.6) is 11.5 Å². The summed E-state index contributed by atoms with van der Waals surface area (Å²) in [5, 5.41) is 3.01. The van der Waals surface area contributed by atoms with Crippen LogP contribution in [0.1, 0.15) is 6.42 Å². The van der Waals surface area contributed by atoms with Gasteiger partial charge in [-0.3, -0.25) is 4.79 Å². The molecule has 0 radical (unpaired) electrons. The summed E-state index contributed by atoms with van der Waals surface area (Å²) >= 11 is 0. The lowest BCUT2D eigenvalue weighted by Gasteiger charge is -2.17. The minimum atomic E-state index is 0. The maximum absolute atomic E-state index is 11.7. The molecule has 114 valence electrons. The van der Waals surface area contributed by atoms with Crippen LogP contribution in [-0.2, 0) is 4.79 Å². The third-order valence-electron chi connectivity index (χ3n) is 2.77. The number of benzene rings is 1. The van der Waals surface area contributed by atoms with Crippen molar-refractivity contribution >= 4 is 18.3 Å². The Hall–Kier alpha value is -1.46. The first-order valence-corrected chi connectivity index (χ1v) is 6.32. The van der Waals surface area contributed by atoms with E-state index in [0.29, 0.717) is 19.6 Å². The molecule has 1 rings (SSSR count). The summed E-state index contributed by atoms with van der Waals surface area (Å²) in [4.78, 5) is 13.4. The molecule has 1 aromatic rings. The Labute approximate surface area is 126 Å². The predicted octanol–water partition coefficient (Wildman–Crippen LogP) is 1.56. The second kappa shape index (κ2) is 10.3. The van der Waals surface area contributed by atoms with E-state index >= 15 is 0 Å². The van der Waals surface area contributed by atoms with Gasteiger partial charge in [0, 0.05) is 20.1 Å². The van der Waals surface area contributed by atoms with Crippen molar-refractivity contribution in [1.82, 2.24) is 10.2 Å². The minimum absolute atomic E-state index is 0. The summed E-state index contributed by atoms with van der Waals surface area (Å²) < 4.78 is 10.6. The van der Waals surface area contributed by atoms with E-state index in [4.69, 9.17) is 9.47 Å². The highest BCUT2D eigenvalue weighted by Gasteiger charge is 2.07. The Kier molecular flexibility index (Phi) is 9.59. The smallest absolute Gasteiger partial charge is 0.225 e. The maximum Gasteiger partial charge on any atom is 0.225 e. The van der Waals surface area contributed by atoms with Crippen LogP contribution < -0.4 is 14.8 Å². The summed E-state index contributed by atoms with van der Waals surface area (Å²) in [6.45, 7) is 1.88. The first kappa shape index (κ1) is 18.5. The fourth-order valence-corrected chi connectivity index (χ4v) is 1.52. The number of ether oxygens (including phenoxy) is 2. The third-order valence-corrected chi connectivity index (χ3v) is 2.77. The minimum Gasteiger partial charge on any atom is -0.497 e. The molecule has 0 heterocycles. The molecular weight excluding hydrogens is 280 g/mol. The number of likely N-dealkylation sites (N-methyl/N-ethyl adjacent to an activating group) is 2. The summed E-state index contributed by atoms with van der Waals surface area (Å²) in [5.41, 5.74) is 0. The fraction of sp³-hybridized carbons (Fsp3) is 0.500. The van der Waals surface area contributed by atoms with E-state index < -0.39 is 0 Å². The van der Waals surface area contributed by atoms with E-state index in [1.807, 2.05) is 31.3 Å². The van der Waals surface area contributed by atoms with Gasteiger partial charge in [-0.15, -0.1) is 12.4 Å². The third kappa shape index (κ3) is 6.63. The molecule has 0 atom stereocenters. The number of rotatable bonds is 8. The molecule has 0 aliphatic rings. The lowest BCUT2D eigenvalue weighted by Crippen LogP contribution is -2.33. The van der Waals surface area contributed by atoms with Crippen LogP contribution in [0.25, 0.3) is 0 Å². The molecule has 0 aliphatic carbocycles. The number of halogens is 1. The number of carbonyl (C=O) groups excluding carboxylic acids is 1. The Balaban J connectivity index is 0.00000361. The zero-order valence-electron chi connectivity index (χ0n) is 12.2. The van der Waals surface area contributed by atoms with Gasteiger partial charge < -0.3 is 19.7 Å². The number of nitrogens with zero attached hydrogens (tertiary/aromatic N) is 1. The number of carbonyl (C=O) groups is 1. The van der Waals surface area contributed by atoms with Crippen LogP contribution in [0, 0.1) is 0 Å². The highest BCUT2D eigenvalue weighted by Crippen LogP contribution is 2.17. The van der Waals surface area contributed by atoms with Gasteiger partial charge in [-0.1, -0.05) is 0 Å². The Morgan fingerprint density at radius 2 is 1.85 bits per heavy atom. The molecule has 0 saturated carbocycles. The van der Waals surface area contributed by atoms with Crippen LogP contribution in [0.2, 0.25) is 0 Å². The van der Waals surface area contributed by atoms with Gasteiger partial charge >= 0.3 is 0 Å². The predicted molar refractivity (Wildman–Crippen MR) is 81.9 cm³/mol. The standard InChI is InChI=1S/C14H22N2O3.ClH/c1-15-9-10-16(2)14(17)8-11-19-13-6-4-12(18-3)5-7-13;/h4-7,15H,8-11H2,1-3H3;1H. The number of hydrogen-bond acceptors (Lipinski definition) is 4. The van der Waals surface area contributed by atoms with E-state index in [2.05, 4.69) is 5.32 Å². The highest BCUT2D eigenvalue weighted by molar-refractivity contribution is 5.85. The highest BCUT2D eigenvalue weighted by atomic mass is 35.5. The molecule has 0 aromatic heterocycles. The Morgan fingerprint density at radius 3 is 2.40 bits per heavy atom. The molecular formula is C14H23ClN2O3. The van der Waals surface area contributed by atoms with Crippen LogP contribution in [0.3, 0.4) is 0 Å². The number of methoxy groups -OCH3 is 1. The monoisotopic (exact) mass is 302 g/mol. The second-order valence-corrected chi connectivity index (χ2v) is 4.19. The average Bonchev–Trinajstić information content (AvgIpc) is 2.45. The molecule has 1 amide bonds. The van der Waals surface area contributed by atoms with E-state index in [-0.39, 0.29) is 18.3 Å². The molecule has 1 aromatic carbocycles. The zero-order chi connectivity index (χ0) is 14.1. The molecule has 0 fully saturated rings. The lowest BCUT2D eigenvalue weighted by molar-refractivity contribution is -0.130. The van der Waals surface area contributed by atoms with Crippen molar-refractivity contribution in [3.8, 4) is 11.5 Å². The summed E-state index contributed by atoms with van der Waals surface area (Å²) in [5.74, 6) is 1.62. The van der Waals surface area contributed by atoms with Crippen LogP contribution in [-0.4, -0.2) is 51.7 Å². The van der Waals surface area contributed by atoms with Gasteiger partial charge in [0.1, 0.15) is 11.5 Å². The SMILES string of the molecule is CNCCN(C)C(=O)CCOc1ccc(OC)cc1.Cl. The van der Waals surface area contributed by atoms with Crippen molar-refractivity contribution < 1.29 is 14.3 Å². The molecule has 0 spiro atoms. The fourth-order valence-electron chi connectivity index (χ4n) is 1.52. The molecule has 20 heavy (non-hydrogen) atoms. The second-order valence-electron chi connectivity index (χ2n) is 4.19. The topological polar surface area (TPSA) is 50.8 Å². The zero-order valence-corrected chi connectivity index (χ0v) is 13.0. The van der Waals surface area contributed by atoms with Gasteiger partial charge in [0.25, 0.3) is 0 Å². The van der Waals surface area contributed by atoms with Crippen LogP contribution in [0.15, 0.2) is 24.3 Å². The average molecular weight is 303 g/mol. The van der Waals surface area contributed by atoms with Gasteiger partial charge in [0.2, 0.25) is 5.91 Å². The number of nitrogens with one attached hydrogen (secondary N) is 1. The van der Waals surface area contributed by atoms with E-state index in [1.54, 1.807) is 19.1 Å². The van der Waals surface area contributed by atoms with Crippen molar-refractivity contribution in [3.05, 3.63) is 24.3 Å². The molecule has 6 heteroatoms. The summed E-state index contributed by atoms with van der Waals surface area (Å²) in [6, 6.07) is 7.31. The largest absolute Gasteiger partial charge is 0.497 e. The molecule has 0 unspecified atom stereocenters. The Bertz CT molecular complexity index is 385. The van der Waals surface area contributed by atoms with Crippen molar-refractivity contribution in [1.29, 1.82) is 0 Å².